The highest BCUT2D eigenvalue weighted by Crippen LogP contribution is 2.15. The highest BCUT2D eigenvalue weighted by atomic mass is 32.2. The number of hydrogen-bond acceptors (Lipinski definition) is 3. The molecule has 5 heteroatoms. The van der Waals surface area contributed by atoms with E-state index in [9.17, 15) is 13.2 Å². The van der Waals surface area contributed by atoms with E-state index in [1.807, 2.05) is 0 Å². The summed E-state index contributed by atoms with van der Waals surface area (Å²) in [5.74, 6) is -0.114. The average Bonchev–Trinajstić information content (AvgIpc) is 2.01. The second-order valence-corrected chi connectivity index (χ2v) is 7.00. The topological polar surface area (TPSA) is 63.2 Å². The summed E-state index contributed by atoms with van der Waals surface area (Å²) >= 11 is 0. The van der Waals surface area contributed by atoms with Crippen LogP contribution in [0.4, 0.5) is 0 Å². The Morgan fingerprint density at radius 1 is 1.29 bits per heavy atom. The number of rotatable bonds is 4. The smallest absolute Gasteiger partial charge is 0.219 e. The minimum absolute atomic E-state index is 0.00222. The van der Waals surface area contributed by atoms with Gasteiger partial charge in [-0.1, -0.05) is 6.92 Å². The van der Waals surface area contributed by atoms with E-state index in [4.69, 9.17) is 0 Å². The first-order valence-corrected chi connectivity index (χ1v) is 6.35. The summed E-state index contributed by atoms with van der Waals surface area (Å²) in [4.78, 5) is 10.8. The van der Waals surface area contributed by atoms with Gasteiger partial charge in [0.2, 0.25) is 5.91 Å². The quantitative estimate of drug-likeness (QED) is 0.761. The molecule has 1 amide bonds. The van der Waals surface area contributed by atoms with Gasteiger partial charge in [0.05, 0.1) is 10.5 Å². The first kappa shape index (κ1) is 13.4. The third-order valence-corrected chi connectivity index (χ3v) is 4.55. The maximum Gasteiger partial charge on any atom is 0.219 e. The average molecular weight is 221 g/mol. The number of nitrogens with one attached hydrogen (secondary N) is 1. The van der Waals surface area contributed by atoms with Crippen molar-refractivity contribution < 1.29 is 13.2 Å². The Hall–Kier alpha value is -0.580. The Bertz CT molecular complexity index is 288. The molecule has 0 spiro atoms. The number of carbonyl (C=O) groups excluding carboxylic acids is 1. The molecule has 0 saturated heterocycles. The number of amides is 1. The molecule has 0 aliphatic carbocycles. The first-order chi connectivity index (χ1) is 6.20. The van der Waals surface area contributed by atoms with Gasteiger partial charge in [0, 0.05) is 13.0 Å². The zero-order chi connectivity index (χ0) is 11.4. The van der Waals surface area contributed by atoms with Gasteiger partial charge in [0.1, 0.15) is 0 Å². The number of sulfone groups is 1. The first-order valence-electron chi connectivity index (χ1n) is 4.69. The molecule has 14 heavy (non-hydrogen) atoms. The standard InChI is InChI=1S/C9H19NO3S/c1-5-8(11)10-6-7-14(12,13)9(2,3)4/h5-7H2,1-4H3,(H,10,11). The van der Waals surface area contributed by atoms with Crippen LogP contribution >= 0.6 is 0 Å². The minimum Gasteiger partial charge on any atom is -0.355 e. The molecule has 0 rings (SSSR count). The maximum atomic E-state index is 11.6. The molecule has 0 saturated carbocycles. The van der Waals surface area contributed by atoms with Crippen molar-refractivity contribution in [2.45, 2.75) is 38.9 Å². The van der Waals surface area contributed by atoms with E-state index in [0.717, 1.165) is 0 Å². The fourth-order valence-corrected chi connectivity index (χ4v) is 1.74. The van der Waals surface area contributed by atoms with E-state index >= 15 is 0 Å². The van der Waals surface area contributed by atoms with Crippen molar-refractivity contribution in [2.24, 2.45) is 0 Å². The third kappa shape index (κ3) is 4.09. The second kappa shape index (κ2) is 4.77. The number of hydrogen-bond donors (Lipinski definition) is 1. The van der Waals surface area contributed by atoms with Gasteiger partial charge in [-0.2, -0.15) is 0 Å². The maximum absolute atomic E-state index is 11.6. The molecule has 4 nitrogen and oxygen atoms in total. The Balaban J connectivity index is 4.10. The lowest BCUT2D eigenvalue weighted by Crippen LogP contribution is -2.36. The van der Waals surface area contributed by atoms with Gasteiger partial charge in [-0.3, -0.25) is 4.79 Å². The van der Waals surface area contributed by atoms with Gasteiger partial charge < -0.3 is 5.32 Å². The Morgan fingerprint density at radius 2 is 1.79 bits per heavy atom. The van der Waals surface area contributed by atoms with Crippen molar-refractivity contribution in [1.29, 1.82) is 0 Å². The third-order valence-electron chi connectivity index (χ3n) is 1.95. The Kier molecular flexibility index (Phi) is 4.58. The van der Waals surface area contributed by atoms with E-state index in [2.05, 4.69) is 5.32 Å². The van der Waals surface area contributed by atoms with Crippen LogP contribution in [0.2, 0.25) is 0 Å². The van der Waals surface area contributed by atoms with E-state index in [1.54, 1.807) is 27.7 Å². The summed E-state index contributed by atoms with van der Waals surface area (Å²) in [6, 6.07) is 0. The summed E-state index contributed by atoms with van der Waals surface area (Å²) in [5.41, 5.74) is 0. The molecule has 0 aliphatic heterocycles. The van der Waals surface area contributed by atoms with E-state index < -0.39 is 14.6 Å². The lowest BCUT2D eigenvalue weighted by Gasteiger charge is -2.18. The van der Waals surface area contributed by atoms with Crippen LogP contribution < -0.4 is 5.32 Å². The van der Waals surface area contributed by atoms with Crippen molar-refractivity contribution in [3.05, 3.63) is 0 Å². The van der Waals surface area contributed by atoms with Crippen LogP contribution in [0, 0.1) is 0 Å². The van der Waals surface area contributed by atoms with Crippen molar-refractivity contribution in [2.75, 3.05) is 12.3 Å². The molecule has 84 valence electrons. The van der Waals surface area contributed by atoms with Gasteiger partial charge in [-0.05, 0) is 20.8 Å². The van der Waals surface area contributed by atoms with Crippen molar-refractivity contribution in [3.63, 3.8) is 0 Å². The monoisotopic (exact) mass is 221 g/mol. The van der Waals surface area contributed by atoms with Crippen LogP contribution in [-0.2, 0) is 14.6 Å². The predicted octanol–water partition coefficient (Wildman–Crippen LogP) is 0.726. The summed E-state index contributed by atoms with van der Waals surface area (Å²) < 4.78 is 22.4. The fourth-order valence-electron chi connectivity index (χ4n) is 0.756. The van der Waals surface area contributed by atoms with Gasteiger partial charge in [0.15, 0.2) is 9.84 Å². The SMILES string of the molecule is CCC(=O)NCCS(=O)(=O)C(C)(C)C. The van der Waals surface area contributed by atoms with Crippen molar-refractivity contribution >= 4 is 15.7 Å². The zero-order valence-corrected chi connectivity index (χ0v) is 10.1. The molecule has 0 aromatic rings. The molecule has 0 radical (unpaired) electrons. The van der Waals surface area contributed by atoms with Crippen molar-refractivity contribution in [3.8, 4) is 0 Å². The Morgan fingerprint density at radius 3 is 2.14 bits per heavy atom. The molecular formula is C9H19NO3S. The summed E-state index contributed by atoms with van der Waals surface area (Å²) in [6.07, 6.45) is 0.384. The lowest BCUT2D eigenvalue weighted by atomic mass is 10.3. The van der Waals surface area contributed by atoms with Gasteiger partial charge in [-0.25, -0.2) is 8.42 Å². The number of carbonyl (C=O) groups is 1. The highest BCUT2D eigenvalue weighted by molar-refractivity contribution is 7.92. The molecule has 0 fully saturated rings. The van der Waals surface area contributed by atoms with Crippen LogP contribution in [0.1, 0.15) is 34.1 Å². The molecule has 0 aliphatic rings. The van der Waals surface area contributed by atoms with Gasteiger partial charge >= 0.3 is 0 Å². The molecule has 0 unspecified atom stereocenters. The van der Waals surface area contributed by atoms with E-state index in [-0.39, 0.29) is 18.2 Å². The Labute approximate surface area is 86.0 Å². The van der Waals surface area contributed by atoms with Crippen LogP contribution in [-0.4, -0.2) is 31.4 Å². The molecule has 0 heterocycles. The molecular weight excluding hydrogens is 202 g/mol. The van der Waals surface area contributed by atoms with Gasteiger partial charge in [0.25, 0.3) is 0 Å². The predicted molar refractivity (Wildman–Crippen MR) is 56.8 cm³/mol. The normalized spacial score (nSPS) is 12.6. The minimum atomic E-state index is -3.12. The van der Waals surface area contributed by atoms with Gasteiger partial charge in [-0.15, -0.1) is 0 Å². The summed E-state index contributed by atoms with van der Waals surface area (Å²) in [6.45, 7) is 6.90. The highest BCUT2D eigenvalue weighted by Gasteiger charge is 2.28. The van der Waals surface area contributed by atoms with E-state index in [1.165, 1.54) is 0 Å². The summed E-state index contributed by atoms with van der Waals surface area (Å²) in [7, 11) is -3.12. The largest absolute Gasteiger partial charge is 0.355 e. The van der Waals surface area contributed by atoms with Crippen LogP contribution in [0.5, 0.6) is 0 Å². The fraction of sp³-hybridized carbons (Fsp3) is 0.889. The van der Waals surface area contributed by atoms with E-state index in [0.29, 0.717) is 6.42 Å². The lowest BCUT2D eigenvalue weighted by molar-refractivity contribution is -0.120. The molecule has 0 aromatic carbocycles. The zero-order valence-electron chi connectivity index (χ0n) is 9.25. The van der Waals surface area contributed by atoms with Crippen molar-refractivity contribution in [1.82, 2.24) is 5.32 Å². The molecule has 0 bridgehead atoms. The second-order valence-electron chi connectivity index (χ2n) is 4.13. The molecule has 0 atom stereocenters. The van der Waals surface area contributed by atoms with Crippen LogP contribution in [0.3, 0.4) is 0 Å². The van der Waals surface area contributed by atoms with Crippen LogP contribution in [0.25, 0.3) is 0 Å². The molecule has 1 N–H and O–H groups in total. The summed E-state index contributed by atoms with van der Waals surface area (Å²) in [5, 5.41) is 2.54. The van der Waals surface area contributed by atoms with Crippen LogP contribution in [0.15, 0.2) is 0 Å². The molecule has 0 aromatic heterocycles.